The molecule has 0 aliphatic carbocycles. The summed E-state index contributed by atoms with van der Waals surface area (Å²) in [6.07, 6.45) is 1.59. The number of halogens is 2. The highest BCUT2D eigenvalue weighted by Gasteiger charge is 2.30. The van der Waals surface area contributed by atoms with Crippen molar-refractivity contribution in [1.29, 1.82) is 0 Å². The summed E-state index contributed by atoms with van der Waals surface area (Å²) in [5.41, 5.74) is 1.03. The van der Waals surface area contributed by atoms with Gasteiger partial charge < -0.3 is 14.8 Å². The Morgan fingerprint density at radius 1 is 1.17 bits per heavy atom. The maximum Gasteiger partial charge on any atom is 0.326 e. The molecular formula is C21H23BrClN3O6S4. The lowest BCUT2D eigenvalue weighted by molar-refractivity contribution is -0.649. The molecule has 1 aromatic heterocycles. The molecule has 15 heteroatoms. The van der Waals surface area contributed by atoms with Crippen LogP contribution in [0.15, 0.2) is 50.8 Å². The van der Waals surface area contributed by atoms with Crippen LogP contribution in [0.25, 0.3) is 16.3 Å². The van der Waals surface area contributed by atoms with Gasteiger partial charge in [0.05, 0.1) is 16.8 Å². The predicted molar refractivity (Wildman–Crippen MR) is 148 cm³/mol. The lowest BCUT2D eigenvalue weighted by Crippen LogP contribution is -2.39. The molecule has 2 heterocycles. The van der Waals surface area contributed by atoms with Crippen molar-refractivity contribution >= 4 is 92.8 Å². The number of thiazole rings is 1. The predicted octanol–water partition coefficient (Wildman–Crippen LogP) is 4.48. The number of aromatic nitrogens is 1. The van der Waals surface area contributed by atoms with Gasteiger partial charge >= 0.3 is 10.1 Å². The van der Waals surface area contributed by atoms with Crippen LogP contribution in [0.4, 0.5) is 5.69 Å². The average Bonchev–Trinajstić information content (AvgIpc) is 3.25. The Morgan fingerprint density at radius 2 is 1.86 bits per heavy atom. The molecule has 0 saturated heterocycles. The standard InChI is InChI=1S/C17H12BrClN2O6S4.C4H11N/c18-10-1-3-14-12(5-10)20(8-30(22,23)24)16(28-14)7-17-21(9-31(25,26)27)13-6-11(19)2-4-15(13)29-17;1-3-5-4-2/h1-7H,8-9H2,(H-,22,23,24,25,26,27);5H,3-4H2,1-2H3. The van der Waals surface area contributed by atoms with Gasteiger partial charge in [0.2, 0.25) is 5.52 Å². The van der Waals surface area contributed by atoms with E-state index in [1.165, 1.54) is 32.6 Å². The molecule has 36 heavy (non-hydrogen) atoms. The molecule has 0 fully saturated rings. The molecule has 1 aliphatic heterocycles. The summed E-state index contributed by atoms with van der Waals surface area (Å²) in [5.74, 6) is -1.50. The minimum absolute atomic E-state index is 0.377. The van der Waals surface area contributed by atoms with Gasteiger partial charge in [0.1, 0.15) is 20.7 Å². The number of nitrogens with zero attached hydrogens (tertiary/aromatic N) is 2. The number of anilines is 1. The van der Waals surface area contributed by atoms with Crippen molar-refractivity contribution in [2.75, 3.05) is 23.9 Å². The van der Waals surface area contributed by atoms with Crippen LogP contribution in [0.5, 0.6) is 0 Å². The van der Waals surface area contributed by atoms with Crippen molar-refractivity contribution in [1.82, 2.24) is 5.32 Å². The third kappa shape index (κ3) is 7.88. The van der Waals surface area contributed by atoms with Crippen LogP contribution in [0.3, 0.4) is 0 Å². The van der Waals surface area contributed by atoms with Gasteiger partial charge in [0, 0.05) is 20.5 Å². The Kier molecular flexibility index (Phi) is 9.85. The fourth-order valence-corrected chi connectivity index (χ4v) is 7.42. The first-order valence-electron chi connectivity index (χ1n) is 10.5. The summed E-state index contributed by atoms with van der Waals surface area (Å²) in [4.78, 5) is 2.02. The molecule has 4 rings (SSSR count). The maximum atomic E-state index is 11.6. The molecule has 0 unspecified atom stereocenters. The fourth-order valence-electron chi connectivity index (χ4n) is 3.31. The van der Waals surface area contributed by atoms with E-state index in [4.69, 9.17) is 11.6 Å². The Hall–Kier alpha value is -1.23. The summed E-state index contributed by atoms with van der Waals surface area (Å²) in [6.45, 7) is 6.39. The van der Waals surface area contributed by atoms with Gasteiger partial charge in [-0.15, -0.1) is 0 Å². The molecule has 0 atom stereocenters. The van der Waals surface area contributed by atoms with E-state index in [2.05, 4.69) is 35.1 Å². The maximum absolute atomic E-state index is 11.6. The third-order valence-corrected chi connectivity index (χ3v) is 8.82. The summed E-state index contributed by atoms with van der Waals surface area (Å²) < 4.78 is 70.2. The number of benzene rings is 2. The minimum Gasteiger partial charge on any atom is -0.747 e. The van der Waals surface area contributed by atoms with Gasteiger partial charge in [-0.3, -0.25) is 4.55 Å². The number of nitrogens with one attached hydrogen (secondary N) is 1. The van der Waals surface area contributed by atoms with E-state index in [0.717, 1.165) is 22.3 Å². The first-order chi connectivity index (χ1) is 16.8. The SMILES string of the molecule is CCNCC.O=S(=O)([O-])CN1C(=Cc2sc3ccc(Br)cc3[n+]2CS(=O)(=O)O)Sc2ccc(Cl)cc21. The zero-order valence-electron chi connectivity index (χ0n) is 19.1. The number of fused-ring (bicyclic) bond motifs is 2. The molecule has 1 aliphatic rings. The average molecular weight is 657 g/mol. The van der Waals surface area contributed by atoms with Crippen molar-refractivity contribution in [3.63, 3.8) is 0 Å². The van der Waals surface area contributed by atoms with Gasteiger partial charge in [0.15, 0.2) is 0 Å². The van der Waals surface area contributed by atoms with Crippen LogP contribution >= 0.6 is 50.6 Å². The summed E-state index contributed by atoms with van der Waals surface area (Å²) >= 11 is 11.9. The molecule has 0 amide bonds. The van der Waals surface area contributed by atoms with Crippen LogP contribution in [0.2, 0.25) is 5.02 Å². The minimum atomic E-state index is -4.62. The molecule has 0 spiro atoms. The molecular weight excluding hydrogens is 634 g/mol. The Bertz CT molecular complexity index is 1510. The number of rotatable bonds is 7. The van der Waals surface area contributed by atoms with Crippen molar-refractivity contribution in [3.05, 3.63) is 55.9 Å². The van der Waals surface area contributed by atoms with Crippen LogP contribution in [-0.4, -0.2) is 44.9 Å². The molecule has 2 aromatic carbocycles. The molecule has 3 aromatic rings. The summed E-state index contributed by atoms with van der Waals surface area (Å²) in [6, 6.07) is 10.2. The van der Waals surface area contributed by atoms with E-state index in [-0.39, 0.29) is 0 Å². The van der Waals surface area contributed by atoms with Gasteiger partial charge in [-0.05, 0) is 43.4 Å². The Labute approximate surface area is 231 Å². The van der Waals surface area contributed by atoms with E-state index in [1.54, 1.807) is 42.5 Å². The zero-order valence-corrected chi connectivity index (χ0v) is 24.7. The van der Waals surface area contributed by atoms with E-state index in [1.807, 2.05) is 0 Å². The molecule has 2 N–H and O–H groups in total. The first kappa shape index (κ1) is 29.3. The van der Waals surface area contributed by atoms with Gasteiger partial charge in [-0.2, -0.15) is 13.0 Å². The third-order valence-electron chi connectivity index (χ3n) is 4.71. The molecule has 196 valence electrons. The number of hydrogen-bond acceptors (Lipinski definition) is 9. The highest BCUT2D eigenvalue weighted by Crippen LogP contribution is 2.48. The van der Waals surface area contributed by atoms with E-state index in [9.17, 15) is 25.9 Å². The molecule has 9 nitrogen and oxygen atoms in total. The van der Waals surface area contributed by atoms with Crippen molar-refractivity contribution in [3.8, 4) is 0 Å². The lowest BCUT2D eigenvalue weighted by Gasteiger charge is -2.21. The van der Waals surface area contributed by atoms with Crippen molar-refractivity contribution < 1.29 is 30.5 Å². The topological polar surface area (TPSA) is 131 Å². The Morgan fingerprint density at radius 3 is 2.44 bits per heavy atom. The molecule has 0 bridgehead atoms. The zero-order chi connectivity index (χ0) is 26.7. The smallest absolute Gasteiger partial charge is 0.326 e. The van der Waals surface area contributed by atoms with Crippen LogP contribution in [0.1, 0.15) is 18.9 Å². The van der Waals surface area contributed by atoms with Crippen LogP contribution in [-0.2, 0) is 26.1 Å². The van der Waals surface area contributed by atoms with Crippen LogP contribution < -0.4 is 14.8 Å². The monoisotopic (exact) mass is 655 g/mol. The number of hydrogen-bond donors (Lipinski definition) is 2. The number of thioether (sulfide) groups is 1. The van der Waals surface area contributed by atoms with Crippen molar-refractivity contribution in [2.45, 2.75) is 24.6 Å². The molecule has 0 saturated carbocycles. The normalized spacial score (nSPS) is 14.7. The van der Waals surface area contributed by atoms with E-state index >= 15 is 0 Å². The van der Waals surface area contributed by atoms with Gasteiger partial charge in [-0.1, -0.05) is 64.5 Å². The van der Waals surface area contributed by atoms with Gasteiger partial charge in [-0.25, -0.2) is 8.42 Å². The summed E-state index contributed by atoms with van der Waals surface area (Å²) in [5, 5.41) is 4.34. The highest BCUT2D eigenvalue weighted by atomic mass is 79.9. The van der Waals surface area contributed by atoms with E-state index < -0.39 is 32.0 Å². The summed E-state index contributed by atoms with van der Waals surface area (Å²) in [7, 11) is -8.99. The lowest BCUT2D eigenvalue weighted by atomic mass is 10.3. The fraction of sp³-hybridized carbons (Fsp3) is 0.286. The second-order valence-electron chi connectivity index (χ2n) is 7.46. The molecule has 0 radical (unpaired) electrons. The largest absolute Gasteiger partial charge is 0.747 e. The van der Waals surface area contributed by atoms with Crippen molar-refractivity contribution in [2.24, 2.45) is 0 Å². The highest BCUT2D eigenvalue weighted by molar-refractivity contribution is 9.10. The van der Waals surface area contributed by atoms with Gasteiger partial charge in [0.25, 0.3) is 10.9 Å². The first-order valence-corrected chi connectivity index (χ1v) is 16.5. The quantitative estimate of drug-likeness (QED) is 0.279. The Balaban J connectivity index is 0.000000658. The second-order valence-corrected chi connectivity index (χ2v) is 13.7. The van der Waals surface area contributed by atoms with Crippen LogP contribution in [0, 0.1) is 0 Å². The van der Waals surface area contributed by atoms with E-state index in [0.29, 0.717) is 31.2 Å². The second kappa shape index (κ2) is 12.1.